The molecule has 1 aromatic heterocycles. The summed E-state index contributed by atoms with van der Waals surface area (Å²) in [5.41, 5.74) is 3.42. The first-order chi connectivity index (χ1) is 16.1. The van der Waals surface area contributed by atoms with Gasteiger partial charge in [-0.3, -0.25) is 9.59 Å². The molecule has 0 aliphatic rings. The van der Waals surface area contributed by atoms with Crippen LogP contribution in [0.3, 0.4) is 0 Å². The summed E-state index contributed by atoms with van der Waals surface area (Å²) >= 11 is 5.99. The predicted molar refractivity (Wildman–Crippen MR) is 126 cm³/mol. The average molecular weight is 460 g/mol. The number of anilines is 1. The number of halogens is 1. The zero-order chi connectivity index (χ0) is 23.0. The Morgan fingerprint density at radius 3 is 2.36 bits per heavy atom. The third kappa shape index (κ3) is 6.09. The zero-order valence-electron chi connectivity index (χ0n) is 17.2. The Hall–Kier alpha value is -4.36. The molecular formula is C25H18ClN3O4. The molecule has 7 nitrogen and oxygen atoms in total. The number of hydrogen-bond donors (Lipinski definition) is 2. The fourth-order valence-electron chi connectivity index (χ4n) is 2.84. The monoisotopic (exact) mass is 459 g/mol. The summed E-state index contributed by atoms with van der Waals surface area (Å²) in [4.78, 5) is 24.1. The first-order valence-corrected chi connectivity index (χ1v) is 10.3. The number of rotatable bonds is 6. The van der Waals surface area contributed by atoms with Crippen molar-refractivity contribution in [2.24, 2.45) is 5.10 Å². The number of furan rings is 1. The van der Waals surface area contributed by atoms with Crippen LogP contribution in [0.2, 0.25) is 5.02 Å². The standard InChI is InChI=1S/C25H18ClN3O4/c26-18-6-4-5-17(15-18)23-14-13-22(33-23)16-27-29-25(31)24(30)28-19-9-11-21(12-10-19)32-20-7-2-1-3-8-20/h1-16H,(H,28,30)(H,29,31)/b27-16+. The molecule has 0 saturated heterocycles. The fourth-order valence-corrected chi connectivity index (χ4v) is 3.03. The molecule has 4 aromatic rings. The number of amides is 2. The summed E-state index contributed by atoms with van der Waals surface area (Å²) in [6.45, 7) is 0. The van der Waals surface area contributed by atoms with E-state index in [4.69, 9.17) is 20.8 Å². The largest absolute Gasteiger partial charge is 0.457 e. The molecule has 164 valence electrons. The van der Waals surface area contributed by atoms with Gasteiger partial charge in [0.2, 0.25) is 0 Å². The minimum atomic E-state index is -0.919. The lowest BCUT2D eigenvalue weighted by molar-refractivity contribution is -0.136. The predicted octanol–water partition coefficient (Wildman–Crippen LogP) is 5.48. The Balaban J connectivity index is 1.28. The Kier molecular flexibility index (Phi) is 6.82. The van der Waals surface area contributed by atoms with E-state index in [1.165, 1.54) is 6.21 Å². The van der Waals surface area contributed by atoms with Gasteiger partial charge in [-0.25, -0.2) is 5.43 Å². The summed E-state index contributed by atoms with van der Waals surface area (Å²) in [7, 11) is 0. The van der Waals surface area contributed by atoms with E-state index in [0.29, 0.717) is 33.7 Å². The lowest BCUT2D eigenvalue weighted by Gasteiger charge is -2.07. The second kappa shape index (κ2) is 10.3. The lowest BCUT2D eigenvalue weighted by atomic mass is 10.2. The number of hydrazone groups is 1. The Bertz CT molecular complexity index is 1280. The topological polar surface area (TPSA) is 92.9 Å². The molecule has 0 fully saturated rings. The summed E-state index contributed by atoms with van der Waals surface area (Å²) in [6.07, 6.45) is 1.30. The van der Waals surface area contributed by atoms with Crippen LogP contribution < -0.4 is 15.5 Å². The molecule has 0 aliphatic carbocycles. The fraction of sp³-hybridized carbons (Fsp3) is 0. The maximum Gasteiger partial charge on any atom is 0.329 e. The SMILES string of the molecule is O=C(N/N=C/c1ccc(-c2cccc(Cl)c2)o1)C(=O)Nc1ccc(Oc2ccccc2)cc1. The number of nitrogens with one attached hydrogen (secondary N) is 2. The van der Waals surface area contributed by atoms with Crippen LogP contribution in [0.1, 0.15) is 5.76 Å². The van der Waals surface area contributed by atoms with Gasteiger partial charge < -0.3 is 14.5 Å². The summed E-state index contributed by atoms with van der Waals surface area (Å²) in [5, 5.41) is 6.85. The molecule has 4 rings (SSSR count). The number of carbonyl (C=O) groups excluding carboxylic acids is 2. The van der Waals surface area contributed by atoms with Crippen LogP contribution >= 0.6 is 11.6 Å². The highest BCUT2D eigenvalue weighted by Crippen LogP contribution is 2.24. The van der Waals surface area contributed by atoms with Crippen molar-refractivity contribution >= 4 is 35.3 Å². The quantitative estimate of drug-likeness (QED) is 0.227. The summed E-state index contributed by atoms with van der Waals surface area (Å²) in [5.74, 6) is 0.523. The first kappa shape index (κ1) is 21.9. The van der Waals surface area contributed by atoms with Crippen molar-refractivity contribution < 1.29 is 18.7 Å². The molecule has 0 bridgehead atoms. The highest BCUT2D eigenvalue weighted by Gasteiger charge is 2.13. The molecule has 2 amide bonds. The smallest absolute Gasteiger partial charge is 0.329 e. The van der Waals surface area contributed by atoms with Crippen molar-refractivity contribution in [2.45, 2.75) is 0 Å². The van der Waals surface area contributed by atoms with Gasteiger partial charge in [0.25, 0.3) is 0 Å². The maximum atomic E-state index is 12.1. The Morgan fingerprint density at radius 2 is 1.61 bits per heavy atom. The van der Waals surface area contributed by atoms with E-state index in [-0.39, 0.29) is 0 Å². The maximum absolute atomic E-state index is 12.1. The van der Waals surface area contributed by atoms with Crippen LogP contribution in [0.15, 0.2) is 101 Å². The number of para-hydroxylation sites is 1. The van der Waals surface area contributed by atoms with Crippen LogP contribution in [-0.4, -0.2) is 18.0 Å². The first-order valence-electron chi connectivity index (χ1n) is 9.90. The molecule has 1 heterocycles. The molecule has 3 aromatic carbocycles. The summed E-state index contributed by atoms with van der Waals surface area (Å²) in [6, 6.07) is 26.6. The second-order valence-corrected chi connectivity index (χ2v) is 7.24. The van der Waals surface area contributed by atoms with Crippen molar-refractivity contribution in [3.63, 3.8) is 0 Å². The van der Waals surface area contributed by atoms with Gasteiger partial charge in [-0.15, -0.1) is 0 Å². The molecule has 2 N–H and O–H groups in total. The van der Waals surface area contributed by atoms with Crippen molar-refractivity contribution in [1.82, 2.24) is 5.43 Å². The van der Waals surface area contributed by atoms with Gasteiger partial charge in [0.15, 0.2) is 0 Å². The van der Waals surface area contributed by atoms with Gasteiger partial charge in [0, 0.05) is 16.3 Å². The van der Waals surface area contributed by atoms with E-state index < -0.39 is 11.8 Å². The van der Waals surface area contributed by atoms with E-state index in [0.717, 1.165) is 5.56 Å². The van der Waals surface area contributed by atoms with E-state index in [2.05, 4.69) is 15.8 Å². The number of nitrogens with zero attached hydrogens (tertiary/aromatic N) is 1. The van der Waals surface area contributed by atoms with Crippen LogP contribution in [0, 0.1) is 0 Å². The molecule has 33 heavy (non-hydrogen) atoms. The van der Waals surface area contributed by atoms with Crippen LogP contribution in [0.25, 0.3) is 11.3 Å². The molecule has 0 saturated carbocycles. The highest BCUT2D eigenvalue weighted by atomic mass is 35.5. The number of hydrogen-bond acceptors (Lipinski definition) is 5. The number of carbonyl (C=O) groups is 2. The molecule has 0 aliphatic heterocycles. The molecule has 0 unspecified atom stereocenters. The number of benzene rings is 3. The van der Waals surface area contributed by atoms with Crippen molar-refractivity contribution in [3.8, 4) is 22.8 Å². The molecule has 8 heteroatoms. The lowest BCUT2D eigenvalue weighted by Crippen LogP contribution is -2.32. The average Bonchev–Trinajstić information content (AvgIpc) is 3.30. The van der Waals surface area contributed by atoms with Gasteiger partial charge >= 0.3 is 11.8 Å². The van der Waals surface area contributed by atoms with Crippen molar-refractivity contribution in [2.75, 3.05) is 5.32 Å². The van der Waals surface area contributed by atoms with Crippen LogP contribution in [-0.2, 0) is 9.59 Å². The van der Waals surface area contributed by atoms with E-state index >= 15 is 0 Å². The van der Waals surface area contributed by atoms with Gasteiger partial charge in [-0.1, -0.05) is 41.9 Å². The van der Waals surface area contributed by atoms with Gasteiger partial charge in [-0.05, 0) is 60.7 Å². The van der Waals surface area contributed by atoms with Crippen molar-refractivity contribution in [3.05, 3.63) is 102 Å². The van der Waals surface area contributed by atoms with Crippen LogP contribution in [0.4, 0.5) is 5.69 Å². The number of ether oxygens (including phenoxy) is 1. The zero-order valence-corrected chi connectivity index (χ0v) is 18.0. The van der Waals surface area contributed by atoms with Gasteiger partial charge in [0.1, 0.15) is 23.0 Å². The van der Waals surface area contributed by atoms with E-state index in [1.807, 2.05) is 42.5 Å². The third-order valence-electron chi connectivity index (χ3n) is 4.39. The minimum absolute atomic E-state index is 0.402. The van der Waals surface area contributed by atoms with E-state index in [9.17, 15) is 9.59 Å². The molecule has 0 atom stereocenters. The molecular weight excluding hydrogens is 442 g/mol. The minimum Gasteiger partial charge on any atom is -0.457 e. The third-order valence-corrected chi connectivity index (χ3v) is 4.63. The van der Waals surface area contributed by atoms with Crippen LogP contribution in [0.5, 0.6) is 11.5 Å². The Morgan fingerprint density at radius 1 is 0.848 bits per heavy atom. The summed E-state index contributed by atoms with van der Waals surface area (Å²) < 4.78 is 11.3. The Labute approximate surface area is 194 Å². The normalized spacial score (nSPS) is 10.7. The van der Waals surface area contributed by atoms with Gasteiger partial charge in [-0.2, -0.15) is 5.10 Å². The molecule has 0 spiro atoms. The van der Waals surface area contributed by atoms with E-state index in [1.54, 1.807) is 48.5 Å². The second-order valence-electron chi connectivity index (χ2n) is 6.81. The molecule has 0 radical (unpaired) electrons. The highest BCUT2D eigenvalue weighted by molar-refractivity contribution is 6.39. The van der Waals surface area contributed by atoms with Crippen molar-refractivity contribution in [1.29, 1.82) is 0 Å². The van der Waals surface area contributed by atoms with Gasteiger partial charge in [0.05, 0.1) is 6.21 Å².